The van der Waals surface area contributed by atoms with Crippen molar-refractivity contribution < 1.29 is 9.90 Å². The molecule has 1 saturated heterocycles. The van der Waals surface area contributed by atoms with Crippen LogP contribution in [0.5, 0.6) is 0 Å². The number of likely N-dealkylation sites (tertiary alicyclic amines) is 1. The average Bonchev–Trinajstić information content (AvgIpc) is 2.70. The Morgan fingerprint density at radius 2 is 1.67 bits per heavy atom. The van der Waals surface area contributed by atoms with E-state index in [1.807, 2.05) is 12.1 Å². The standard InChI is InChI=1S/C24H25NO2/c1-17-9-11-19(12-10-17)23(25-15-5-4-8-22(25)24(26)27)21-14-13-18-6-2-3-7-20(18)16-21/h2-3,6-7,9-14,16,22-23H,4-5,8,15H2,1H3,(H,26,27). The lowest BCUT2D eigenvalue weighted by molar-refractivity contribution is -0.145. The van der Waals surface area contributed by atoms with E-state index in [-0.39, 0.29) is 6.04 Å². The molecular formula is C24H25NO2. The number of nitrogens with zero attached hydrogens (tertiary/aromatic N) is 1. The van der Waals surface area contributed by atoms with Crippen LogP contribution >= 0.6 is 0 Å². The van der Waals surface area contributed by atoms with E-state index < -0.39 is 12.0 Å². The molecule has 1 heterocycles. The highest BCUT2D eigenvalue weighted by molar-refractivity contribution is 5.83. The van der Waals surface area contributed by atoms with Crippen molar-refractivity contribution in [3.8, 4) is 0 Å². The summed E-state index contributed by atoms with van der Waals surface area (Å²) < 4.78 is 0. The minimum atomic E-state index is -0.715. The van der Waals surface area contributed by atoms with Crippen molar-refractivity contribution in [2.75, 3.05) is 6.54 Å². The Kier molecular flexibility index (Phi) is 4.95. The van der Waals surface area contributed by atoms with Gasteiger partial charge in [-0.25, -0.2) is 0 Å². The monoisotopic (exact) mass is 359 g/mol. The molecule has 1 aliphatic rings. The summed E-state index contributed by atoms with van der Waals surface area (Å²) in [4.78, 5) is 14.1. The van der Waals surface area contributed by atoms with Crippen molar-refractivity contribution in [1.82, 2.24) is 4.90 Å². The Morgan fingerprint density at radius 3 is 2.41 bits per heavy atom. The predicted molar refractivity (Wildman–Crippen MR) is 109 cm³/mol. The molecule has 0 aromatic heterocycles. The quantitative estimate of drug-likeness (QED) is 0.698. The van der Waals surface area contributed by atoms with Gasteiger partial charge >= 0.3 is 5.97 Å². The summed E-state index contributed by atoms with van der Waals surface area (Å²) in [5, 5.41) is 12.2. The third kappa shape index (κ3) is 3.60. The van der Waals surface area contributed by atoms with Gasteiger partial charge in [0.15, 0.2) is 0 Å². The molecule has 2 unspecified atom stereocenters. The van der Waals surface area contributed by atoms with Crippen LogP contribution in [0.25, 0.3) is 10.8 Å². The number of carboxylic acid groups (broad SMARTS) is 1. The number of carbonyl (C=O) groups is 1. The van der Waals surface area contributed by atoms with Crippen LogP contribution in [-0.2, 0) is 4.79 Å². The minimum absolute atomic E-state index is 0.0448. The molecule has 3 heteroatoms. The van der Waals surface area contributed by atoms with Crippen molar-refractivity contribution in [2.24, 2.45) is 0 Å². The Morgan fingerprint density at radius 1 is 0.963 bits per heavy atom. The lowest BCUT2D eigenvalue weighted by Gasteiger charge is -2.39. The summed E-state index contributed by atoms with van der Waals surface area (Å²) in [5.41, 5.74) is 3.53. The number of aliphatic carboxylic acids is 1. The summed E-state index contributed by atoms with van der Waals surface area (Å²) in [6.45, 7) is 2.89. The van der Waals surface area contributed by atoms with Crippen molar-refractivity contribution in [3.05, 3.63) is 83.4 Å². The second-order valence-electron chi connectivity index (χ2n) is 7.51. The van der Waals surface area contributed by atoms with Crippen LogP contribution in [0.4, 0.5) is 0 Å². The van der Waals surface area contributed by atoms with Crippen molar-refractivity contribution >= 4 is 16.7 Å². The molecule has 0 bridgehead atoms. The van der Waals surface area contributed by atoms with Crippen LogP contribution in [0.3, 0.4) is 0 Å². The maximum atomic E-state index is 12.0. The Labute approximate surface area is 160 Å². The van der Waals surface area contributed by atoms with Gasteiger partial charge in [0.25, 0.3) is 0 Å². The second-order valence-corrected chi connectivity index (χ2v) is 7.51. The number of hydrogen-bond acceptors (Lipinski definition) is 2. The fourth-order valence-corrected chi connectivity index (χ4v) is 4.23. The lowest BCUT2D eigenvalue weighted by atomic mass is 9.90. The maximum Gasteiger partial charge on any atom is 0.320 e. The van der Waals surface area contributed by atoms with Gasteiger partial charge in [-0.2, -0.15) is 0 Å². The highest BCUT2D eigenvalue weighted by Gasteiger charge is 2.35. The first-order valence-corrected chi connectivity index (χ1v) is 9.67. The molecule has 3 aromatic rings. The highest BCUT2D eigenvalue weighted by Crippen LogP contribution is 2.35. The van der Waals surface area contributed by atoms with E-state index in [9.17, 15) is 9.90 Å². The van der Waals surface area contributed by atoms with E-state index in [0.717, 1.165) is 30.5 Å². The molecule has 0 saturated carbocycles. The first kappa shape index (κ1) is 17.7. The van der Waals surface area contributed by atoms with Crippen LogP contribution < -0.4 is 0 Å². The molecule has 138 valence electrons. The number of piperidine rings is 1. The molecular weight excluding hydrogens is 334 g/mol. The van der Waals surface area contributed by atoms with Crippen molar-refractivity contribution in [1.29, 1.82) is 0 Å². The molecule has 4 rings (SSSR count). The van der Waals surface area contributed by atoms with Gasteiger partial charge < -0.3 is 5.11 Å². The molecule has 0 amide bonds. The summed E-state index contributed by atoms with van der Waals surface area (Å²) in [7, 11) is 0. The van der Waals surface area contributed by atoms with E-state index in [1.165, 1.54) is 16.3 Å². The van der Waals surface area contributed by atoms with Crippen LogP contribution in [0.2, 0.25) is 0 Å². The molecule has 2 atom stereocenters. The summed E-state index contributed by atoms with van der Waals surface area (Å²) in [6, 6.07) is 22.9. The number of hydrogen-bond donors (Lipinski definition) is 1. The first-order chi connectivity index (χ1) is 13.1. The van der Waals surface area contributed by atoms with Crippen LogP contribution in [0, 0.1) is 6.92 Å². The average molecular weight is 359 g/mol. The Bertz CT molecular complexity index is 948. The van der Waals surface area contributed by atoms with Crippen LogP contribution in [0.1, 0.15) is 42.0 Å². The number of rotatable bonds is 4. The van der Waals surface area contributed by atoms with Crippen molar-refractivity contribution in [3.63, 3.8) is 0 Å². The van der Waals surface area contributed by atoms with E-state index in [4.69, 9.17) is 0 Å². The number of fused-ring (bicyclic) bond motifs is 1. The zero-order valence-electron chi connectivity index (χ0n) is 15.6. The lowest BCUT2D eigenvalue weighted by Crippen LogP contribution is -2.46. The SMILES string of the molecule is Cc1ccc(C(c2ccc3ccccc3c2)N2CCCCC2C(=O)O)cc1. The molecule has 0 radical (unpaired) electrons. The van der Waals surface area contributed by atoms with Crippen LogP contribution in [-0.4, -0.2) is 28.6 Å². The maximum absolute atomic E-state index is 12.0. The normalized spacial score (nSPS) is 19.1. The van der Waals surface area contributed by atoms with Gasteiger partial charge in [0, 0.05) is 0 Å². The van der Waals surface area contributed by atoms with E-state index in [1.54, 1.807) is 0 Å². The topological polar surface area (TPSA) is 40.5 Å². The Balaban J connectivity index is 1.83. The fourth-order valence-electron chi connectivity index (χ4n) is 4.23. The zero-order valence-corrected chi connectivity index (χ0v) is 15.6. The smallest absolute Gasteiger partial charge is 0.320 e. The minimum Gasteiger partial charge on any atom is -0.480 e. The summed E-state index contributed by atoms with van der Waals surface area (Å²) >= 11 is 0. The fraction of sp³-hybridized carbons (Fsp3) is 0.292. The molecule has 0 aliphatic carbocycles. The number of aryl methyl sites for hydroxylation is 1. The third-order valence-corrected chi connectivity index (χ3v) is 5.64. The van der Waals surface area contributed by atoms with Gasteiger partial charge in [0.05, 0.1) is 6.04 Å². The van der Waals surface area contributed by atoms with Gasteiger partial charge in [-0.1, -0.05) is 72.6 Å². The van der Waals surface area contributed by atoms with Gasteiger partial charge in [-0.3, -0.25) is 9.69 Å². The highest BCUT2D eigenvalue weighted by atomic mass is 16.4. The second kappa shape index (κ2) is 7.53. The van der Waals surface area contributed by atoms with E-state index in [0.29, 0.717) is 6.42 Å². The van der Waals surface area contributed by atoms with Gasteiger partial charge in [-0.15, -0.1) is 0 Å². The van der Waals surface area contributed by atoms with Gasteiger partial charge in [-0.05, 0) is 54.3 Å². The molecule has 1 aliphatic heterocycles. The molecule has 1 fully saturated rings. The summed E-state index contributed by atoms with van der Waals surface area (Å²) in [5.74, 6) is -0.715. The molecule has 3 nitrogen and oxygen atoms in total. The van der Waals surface area contributed by atoms with E-state index in [2.05, 4.69) is 66.4 Å². The van der Waals surface area contributed by atoms with Gasteiger partial charge in [0.1, 0.15) is 6.04 Å². The first-order valence-electron chi connectivity index (χ1n) is 9.67. The van der Waals surface area contributed by atoms with Crippen molar-refractivity contribution in [2.45, 2.75) is 38.3 Å². The zero-order chi connectivity index (χ0) is 18.8. The largest absolute Gasteiger partial charge is 0.480 e. The molecule has 27 heavy (non-hydrogen) atoms. The van der Waals surface area contributed by atoms with Gasteiger partial charge in [0.2, 0.25) is 0 Å². The molecule has 0 spiro atoms. The predicted octanol–water partition coefficient (Wildman–Crippen LogP) is 5.18. The molecule has 3 aromatic carbocycles. The van der Waals surface area contributed by atoms with Crippen LogP contribution in [0.15, 0.2) is 66.7 Å². The molecule has 1 N–H and O–H groups in total. The Hall–Kier alpha value is -2.65. The van der Waals surface area contributed by atoms with E-state index >= 15 is 0 Å². The number of carboxylic acids is 1. The summed E-state index contributed by atoms with van der Waals surface area (Å²) in [6.07, 6.45) is 2.73. The third-order valence-electron chi connectivity index (χ3n) is 5.64. The number of benzene rings is 3.